The molecule has 25 heavy (non-hydrogen) atoms. The van der Waals surface area contributed by atoms with Gasteiger partial charge >= 0.3 is 0 Å². The highest BCUT2D eigenvalue weighted by atomic mass is 32.1. The second-order valence-electron chi connectivity index (χ2n) is 6.60. The predicted octanol–water partition coefficient (Wildman–Crippen LogP) is 2.95. The molecule has 2 fully saturated rings. The van der Waals surface area contributed by atoms with Crippen LogP contribution in [0.3, 0.4) is 0 Å². The summed E-state index contributed by atoms with van der Waals surface area (Å²) in [6, 6.07) is 8.27. The van der Waals surface area contributed by atoms with E-state index in [-0.39, 0.29) is 11.9 Å². The molecule has 0 radical (unpaired) electrons. The molecule has 0 N–H and O–H groups in total. The summed E-state index contributed by atoms with van der Waals surface area (Å²) in [4.78, 5) is 22.6. The summed E-state index contributed by atoms with van der Waals surface area (Å²) in [6.07, 6.45) is 3.97. The lowest BCUT2D eigenvalue weighted by Crippen LogP contribution is -2.36. The first-order valence-corrected chi connectivity index (χ1v) is 9.78. The number of hydrogen-bond acceptors (Lipinski definition) is 5. The van der Waals surface area contributed by atoms with Gasteiger partial charge in [-0.25, -0.2) is 0 Å². The van der Waals surface area contributed by atoms with Crippen LogP contribution in [0, 0.1) is 0 Å². The van der Waals surface area contributed by atoms with Crippen LogP contribution < -0.4 is 0 Å². The van der Waals surface area contributed by atoms with Crippen LogP contribution in [0.25, 0.3) is 0 Å². The first-order chi connectivity index (χ1) is 12.3. The Morgan fingerprint density at radius 1 is 1.28 bits per heavy atom. The standard InChI is InChI=1S/C19H23N3O2S/c23-19(18-4-2-12-25-18)22-7-1-3-17(22)15-5-6-20-16(13-15)14-21-8-10-24-11-9-21/h2,4-6,12-13,17H,1,3,7-11,14H2/t17-/m0/s1. The highest BCUT2D eigenvalue weighted by Gasteiger charge is 2.31. The van der Waals surface area contributed by atoms with Crippen LogP contribution >= 0.6 is 11.3 Å². The summed E-state index contributed by atoms with van der Waals surface area (Å²) in [7, 11) is 0. The second kappa shape index (κ2) is 7.64. The Labute approximate surface area is 152 Å². The van der Waals surface area contributed by atoms with Gasteiger partial charge in [-0.1, -0.05) is 6.07 Å². The monoisotopic (exact) mass is 357 g/mol. The van der Waals surface area contributed by atoms with E-state index in [4.69, 9.17) is 4.74 Å². The molecule has 2 aliphatic heterocycles. The van der Waals surface area contributed by atoms with Gasteiger partial charge in [0.25, 0.3) is 5.91 Å². The molecule has 0 saturated carbocycles. The Balaban J connectivity index is 1.50. The Morgan fingerprint density at radius 3 is 2.96 bits per heavy atom. The normalized spacial score (nSPS) is 21.6. The lowest BCUT2D eigenvalue weighted by molar-refractivity contribution is 0.0336. The topological polar surface area (TPSA) is 45.7 Å². The maximum atomic E-state index is 12.8. The van der Waals surface area contributed by atoms with E-state index in [0.717, 1.165) is 62.8 Å². The van der Waals surface area contributed by atoms with Gasteiger partial charge in [-0.3, -0.25) is 14.7 Å². The smallest absolute Gasteiger partial charge is 0.264 e. The maximum Gasteiger partial charge on any atom is 0.264 e. The van der Waals surface area contributed by atoms with Crippen molar-refractivity contribution < 1.29 is 9.53 Å². The van der Waals surface area contributed by atoms with Crippen molar-refractivity contribution in [3.63, 3.8) is 0 Å². The summed E-state index contributed by atoms with van der Waals surface area (Å²) in [5.74, 6) is 0.157. The maximum absolute atomic E-state index is 12.8. The van der Waals surface area contributed by atoms with E-state index in [1.807, 2.05) is 28.6 Å². The fraction of sp³-hybridized carbons (Fsp3) is 0.474. The van der Waals surface area contributed by atoms with Crippen LogP contribution in [0.2, 0.25) is 0 Å². The second-order valence-corrected chi connectivity index (χ2v) is 7.55. The highest BCUT2D eigenvalue weighted by Crippen LogP contribution is 2.34. The molecule has 2 aliphatic rings. The van der Waals surface area contributed by atoms with Crippen molar-refractivity contribution in [2.24, 2.45) is 0 Å². The summed E-state index contributed by atoms with van der Waals surface area (Å²) in [5.41, 5.74) is 2.29. The minimum Gasteiger partial charge on any atom is -0.379 e. The molecular weight excluding hydrogens is 334 g/mol. The van der Waals surface area contributed by atoms with E-state index in [1.54, 1.807) is 0 Å². The molecule has 5 nitrogen and oxygen atoms in total. The largest absolute Gasteiger partial charge is 0.379 e. The lowest BCUT2D eigenvalue weighted by Gasteiger charge is -2.27. The Morgan fingerprint density at radius 2 is 2.16 bits per heavy atom. The van der Waals surface area contributed by atoms with Gasteiger partial charge in [0, 0.05) is 32.4 Å². The van der Waals surface area contributed by atoms with Crippen LogP contribution in [-0.4, -0.2) is 53.5 Å². The quantitative estimate of drug-likeness (QED) is 0.844. The first kappa shape index (κ1) is 16.7. The zero-order valence-electron chi connectivity index (χ0n) is 14.3. The molecule has 1 atom stereocenters. The third-order valence-electron chi connectivity index (χ3n) is 4.96. The number of amides is 1. The summed E-state index contributed by atoms with van der Waals surface area (Å²) >= 11 is 1.52. The van der Waals surface area contributed by atoms with Crippen molar-refractivity contribution in [1.29, 1.82) is 0 Å². The van der Waals surface area contributed by atoms with Crippen molar-refractivity contribution in [3.8, 4) is 0 Å². The fourth-order valence-electron chi connectivity index (χ4n) is 3.68. The number of aromatic nitrogens is 1. The van der Waals surface area contributed by atoms with Gasteiger partial charge in [-0.05, 0) is 42.0 Å². The zero-order valence-corrected chi connectivity index (χ0v) is 15.1. The Hall–Kier alpha value is -1.76. The molecule has 2 aromatic heterocycles. The van der Waals surface area contributed by atoms with Crippen LogP contribution in [-0.2, 0) is 11.3 Å². The molecule has 132 valence electrons. The molecule has 4 rings (SSSR count). The molecule has 0 aliphatic carbocycles. The molecule has 1 amide bonds. The predicted molar refractivity (Wildman–Crippen MR) is 97.7 cm³/mol. The van der Waals surface area contributed by atoms with Crippen LogP contribution in [0.1, 0.15) is 39.8 Å². The number of ether oxygens (including phenoxy) is 1. The van der Waals surface area contributed by atoms with Crippen LogP contribution in [0.4, 0.5) is 0 Å². The van der Waals surface area contributed by atoms with Crippen molar-refractivity contribution in [2.75, 3.05) is 32.8 Å². The van der Waals surface area contributed by atoms with E-state index in [1.165, 1.54) is 16.9 Å². The number of morpholine rings is 1. The molecule has 4 heterocycles. The Kier molecular flexibility index (Phi) is 5.10. The number of carbonyl (C=O) groups excluding carboxylic acids is 1. The molecule has 0 bridgehead atoms. The van der Waals surface area contributed by atoms with Gasteiger partial charge in [0.1, 0.15) is 0 Å². The summed E-state index contributed by atoms with van der Waals surface area (Å²) < 4.78 is 5.41. The average molecular weight is 357 g/mol. The number of carbonyl (C=O) groups is 1. The third kappa shape index (κ3) is 3.76. The highest BCUT2D eigenvalue weighted by molar-refractivity contribution is 7.12. The number of nitrogens with zero attached hydrogens (tertiary/aromatic N) is 3. The van der Waals surface area contributed by atoms with Gasteiger partial charge in [0.2, 0.25) is 0 Å². The number of likely N-dealkylation sites (tertiary alicyclic amines) is 1. The van der Waals surface area contributed by atoms with Crippen molar-refractivity contribution in [1.82, 2.24) is 14.8 Å². The Bertz CT molecular complexity index is 713. The van der Waals surface area contributed by atoms with Gasteiger partial charge in [-0.15, -0.1) is 11.3 Å². The van der Waals surface area contributed by atoms with Crippen molar-refractivity contribution >= 4 is 17.2 Å². The van der Waals surface area contributed by atoms with Gasteiger partial charge < -0.3 is 9.64 Å². The van der Waals surface area contributed by atoms with E-state index in [0.29, 0.717) is 0 Å². The number of pyridine rings is 1. The zero-order chi connectivity index (χ0) is 17.1. The molecule has 0 spiro atoms. The van der Waals surface area contributed by atoms with Gasteiger partial charge in [-0.2, -0.15) is 0 Å². The van der Waals surface area contributed by atoms with Gasteiger partial charge in [0.15, 0.2) is 0 Å². The number of rotatable bonds is 4. The molecule has 0 unspecified atom stereocenters. The third-order valence-corrected chi connectivity index (χ3v) is 5.82. The molecule has 0 aromatic carbocycles. The number of hydrogen-bond donors (Lipinski definition) is 0. The van der Waals surface area contributed by atoms with Crippen molar-refractivity contribution in [3.05, 3.63) is 52.0 Å². The van der Waals surface area contributed by atoms with Crippen molar-refractivity contribution in [2.45, 2.75) is 25.4 Å². The van der Waals surface area contributed by atoms with E-state index in [2.05, 4.69) is 22.0 Å². The van der Waals surface area contributed by atoms with E-state index in [9.17, 15) is 4.79 Å². The van der Waals surface area contributed by atoms with Gasteiger partial charge in [0.05, 0.1) is 29.8 Å². The molecule has 2 aromatic rings. The SMILES string of the molecule is O=C(c1cccs1)N1CCC[C@H]1c1ccnc(CN2CCOCC2)c1. The number of thiophene rings is 1. The summed E-state index contributed by atoms with van der Waals surface area (Å²) in [5, 5.41) is 1.96. The minimum absolute atomic E-state index is 0.157. The molecule has 2 saturated heterocycles. The van der Waals surface area contributed by atoms with E-state index >= 15 is 0 Å². The van der Waals surface area contributed by atoms with Crippen LogP contribution in [0.15, 0.2) is 35.8 Å². The minimum atomic E-state index is 0.157. The summed E-state index contributed by atoms with van der Waals surface area (Å²) in [6.45, 7) is 5.19. The molecular formula is C19H23N3O2S. The van der Waals surface area contributed by atoms with Crippen LogP contribution in [0.5, 0.6) is 0 Å². The lowest BCUT2D eigenvalue weighted by atomic mass is 10.0. The first-order valence-electron chi connectivity index (χ1n) is 8.91. The molecule has 6 heteroatoms. The van der Waals surface area contributed by atoms with E-state index < -0.39 is 0 Å². The fourth-order valence-corrected chi connectivity index (χ4v) is 4.36. The average Bonchev–Trinajstić information content (AvgIpc) is 3.34.